The number of nitrogens with zero attached hydrogens (tertiary/aromatic N) is 3. The minimum atomic E-state index is -0.526. The number of rotatable bonds is 5. The number of aryl methyl sites for hydroxylation is 1. The molecule has 2 heterocycles. The summed E-state index contributed by atoms with van der Waals surface area (Å²) < 4.78 is 15.0. The van der Waals surface area contributed by atoms with E-state index < -0.39 is 5.82 Å². The number of amides is 1. The molecule has 0 bridgehead atoms. The van der Waals surface area contributed by atoms with Crippen LogP contribution >= 0.6 is 0 Å². The summed E-state index contributed by atoms with van der Waals surface area (Å²) in [5.74, 6) is -0.0929. The maximum atomic E-state index is 13.1. The van der Waals surface area contributed by atoms with Crippen LogP contribution in [-0.4, -0.2) is 20.4 Å². The van der Waals surface area contributed by atoms with Gasteiger partial charge in [0.05, 0.1) is 17.8 Å². The molecule has 0 fully saturated rings. The van der Waals surface area contributed by atoms with Crippen LogP contribution in [0.15, 0.2) is 30.9 Å². The molecular weight excluding hydrogens is 259 g/mol. The van der Waals surface area contributed by atoms with Gasteiger partial charge in [-0.15, -0.1) is 0 Å². The molecule has 0 aliphatic carbocycles. The van der Waals surface area contributed by atoms with Crippen molar-refractivity contribution in [2.45, 2.75) is 25.8 Å². The number of aromatic nitrogens is 3. The number of halogens is 1. The molecule has 0 aromatic carbocycles. The normalized spacial score (nSPS) is 12.2. The number of imidazole rings is 1. The molecule has 0 unspecified atom stereocenters. The third-order valence-corrected chi connectivity index (χ3v) is 3.02. The molecule has 20 heavy (non-hydrogen) atoms. The van der Waals surface area contributed by atoms with E-state index in [9.17, 15) is 9.18 Å². The first kappa shape index (κ1) is 14.2. The third kappa shape index (κ3) is 3.20. The van der Waals surface area contributed by atoms with Gasteiger partial charge < -0.3 is 9.88 Å². The van der Waals surface area contributed by atoms with E-state index in [1.807, 2.05) is 24.7 Å². The molecule has 0 spiro atoms. The fourth-order valence-electron chi connectivity index (χ4n) is 2.05. The summed E-state index contributed by atoms with van der Waals surface area (Å²) in [5.41, 5.74) is 0.209. The fraction of sp³-hybridized carbons (Fsp3) is 0.357. The second kappa shape index (κ2) is 6.27. The molecule has 0 radical (unpaired) electrons. The Morgan fingerprint density at radius 2 is 2.30 bits per heavy atom. The molecule has 2 aromatic heterocycles. The van der Waals surface area contributed by atoms with E-state index >= 15 is 0 Å². The fourth-order valence-corrected chi connectivity index (χ4v) is 2.05. The minimum Gasteiger partial charge on any atom is -0.342 e. The number of carbonyl (C=O) groups excluding carboxylic acids is 1. The highest BCUT2D eigenvalue weighted by Crippen LogP contribution is 2.17. The molecule has 2 rings (SSSR count). The summed E-state index contributed by atoms with van der Waals surface area (Å²) in [6.07, 6.45) is 7.60. The van der Waals surface area contributed by atoms with Crippen LogP contribution in [-0.2, 0) is 7.05 Å². The number of carbonyl (C=O) groups is 1. The number of pyridine rings is 1. The maximum absolute atomic E-state index is 13.1. The van der Waals surface area contributed by atoms with Gasteiger partial charge >= 0.3 is 0 Å². The minimum absolute atomic E-state index is 0.198. The lowest BCUT2D eigenvalue weighted by Crippen LogP contribution is -2.30. The van der Waals surface area contributed by atoms with Crippen molar-refractivity contribution in [3.63, 3.8) is 0 Å². The highest BCUT2D eigenvalue weighted by Gasteiger charge is 2.18. The smallest absolute Gasteiger partial charge is 0.253 e. The third-order valence-electron chi connectivity index (χ3n) is 3.02. The standard InChI is InChI=1S/C14H17FN4O/c1-3-4-12(13-17-5-6-19(13)2)18-14(20)10-7-11(15)9-16-8-10/h5-9,12H,3-4H2,1-2H3,(H,18,20)/t12-/m1/s1. The Labute approximate surface area is 116 Å². The molecule has 1 atom stereocenters. The summed E-state index contributed by atoms with van der Waals surface area (Å²) in [7, 11) is 1.88. The van der Waals surface area contributed by atoms with Crippen molar-refractivity contribution in [3.05, 3.63) is 48.1 Å². The average molecular weight is 276 g/mol. The first-order valence-corrected chi connectivity index (χ1v) is 6.50. The highest BCUT2D eigenvalue weighted by atomic mass is 19.1. The second-order valence-corrected chi connectivity index (χ2v) is 4.60. The molecule has 106 valence electrons. The van der Waals surface area contributed by atoms with Crippen molar-refractivity contribution in [1.82, 2.24) is 19.9 Å². The van der Waals surface area contributed by atoms with Gasteiger partial charge in [-0.1, -0.05) is 13.3 Å². The molecule has 0 aliphatic rings. The van der Waals surface area contributed by atoms with Gasteiger partial charge in [0.1, 0.15) is 11.6 Å². The lowest BCUT2D eigenvalue weighted by atomic mass is 10.1. The van der Waals surface area contributed by atoms with Crippen molar-refractivity contribution in [2.24, 2.45) is 7.05 Å². The largest absolute Gasteiger partial charge is 0.342 e. The number of hydrogen-bond acceptors (Lipinski definition) is 3. The van der Waals surface area contributed by atoms with Gasteiger partial charge in [0.25, 0.3) is 5.91 Å². The Hall–Kier alpha value is -2.24. The van der Waals surface area contributed by atoms with Crippen molar-refractivity contribution >= 4 is 5.91 Å². The lowest BCUT2D eigenvalue weighted by Gasteiger charge is -2.17. The Kier molecular flexibility index (Phi) is 4.45. The van der Waals surface area contributed by atoms with E-state index in [0.717, 1.165) is 24.9 Å². The van der Waals surface area contributed by atoms with Crippen molar-refractivity contribution in [3.8, 4) is 0 Å². The van der Waals surface area contributed by atoms with Gasteiger partial charge in [-0.2, -0.15) is 0 Å². The van der Waals surface area contributed by atoms with Gasteiger partial charge in [0, 0.05) is 25.6 Å². The predicted octanol–water partition coefficient (Wildman–Crippen LogP) is 2.23. The van der Waals surface area contributed by atoms with E-state index in [2.05, 4.69) is 15.3 Å². The Balaban J connectivity index is 2.16. The van der Waals surface area contributed by atoms with Crippen LogP contribution < -0.4 is 5.32 Å². The van der Waals surface area contributed by atoms with Gasteiger partial charge in [0.2, 0.25) is 0 Å². The quantitative estimate of drug-likeness (QED) is 0.911. The van der Waals surface area contributed by atoms with Gasteiger partial charge in [0.15, 0.2) is 0 Å². The average Bonchev–Trinajstić information content (AvgIpc) is 2.84. The topological polar surface area (TPSA) is 59.8 Å². The SMILES string of the molecule is CCC[C@@H](NC(=O)c1cncc(F)c1)c1nccn1C. The van der Waals surface area contributed by atoms with E-state index in [4.69, 9.17) is 0 Å². The van der Waals surface area contributed by atoms with Crippen molar-refractivity contribution < 1.29 is 9.18 Å². The zero-order valence-electron chi connectivity index (χ0n) is 11.5. The maximum Gasteiger partial charge on any atom is 0.253 e. The summed E-state index contributed by atoms with van der Waals surface area (Å²) in [4.78, 5) is 20.1. The molecule has 0 aliphatic heterocycles. The molecule has 1 amide bonds. The zero-order chi connectivity index (χ0) is 14.5. The molecule has 0 saturated carbocycles. The summed E-state index contributed by atoms with van der Waals surface area (Å²) in [6, 6.07) is 0.972. The Bertz CT molecular complexity index is 596. The van der Waals surface area contributed by atoms with Crippen LogP contribution in [0.25, 0.3) is 0 Å². The van der Waals surface area contributed by atoms with Crippen LogP contribution in [0.2, 0.25) is 0 Å². The van der Waals surface area contributed by atoms with Crippen LogP contribution in [0.3, 0.4) is 0 Å². The molecule has 2 aromatic rings. The van der Waals surface area contributed by atoms with Crippen LogP contribution in [0.5, 0.6) is 0 Å². The van der Waals surface area contributed by atoms with Crippen LogP contribution in [0.1, 0.15) is 42.0 Å². The van der Waals surface area contributed by atoms with E-state index in [0.29, 0.717) is 0 Å². The van der Waals surface area contributed by atoms with Crippen molar-refractivity contribution in [2.75, 3.05) is 0 Å². The van der Waals surface area contributed by atoms with E-state index in [1.54, 1.807) is 6.20 Å². The molecular formula is C14H17FN4O. The molecule has 5 nitrogen and oxygen atoms in total. The summed E-state index contributed by atoms with van der Waals surface area (Å²) in [6.45, 7) is 2.03. The lowest BCUT2D eigenvalue weighted by molar-refractivity contribution is 0.0931. The van der Waals surface area contributed by atoms with Gasteiger partial charge in [-0.3, -0.25) is 9.78 Å². The predicted molar refractivity (Wildman–Crippen MR) is 72.5 cm³/mol. The molecule has 0 saturated heterocycles. The number of nitrogens with one attached hydrogen (secondary N) is 1. The number of hydrogen-bond donors (Lipinski definition) is 1. The first-order valence-electron chi connectivity index (χ1n) is 6.50. The monoisotopic (exact) mass is 276 g/mol. The summed E-state index contributed by atoms with van der Waals surface area (Å²) >= 11 is 0. The van der Waals surface area contributed by atoms with E-state index in [-0.39, 0.29) is 17.5 Å². The van der Waals surface area contributed by atoms with Crippen LogP contribution in [0, 0.1) is 5.82 Å². The second-order valence-electron chi connectivity index (χ2n) is 4.60. The van der Waals surface area contributed by atoms with E-state index in [1.165, 1.54) is 12.3 Å². The molecule has 6 heteroatoms. The first-order chi connectivity index (χ1) is 9.61. The summed E-state index contributed by atoms with van der Waals surface area (Å²) in [5, 5.41) is 2.88. The zero-order valence-corrected chi connectivity index (χ0v) is 11.5. The van der Waals surface area contributed by atoms with Crippen LogP contribution in [0.4, 0.5) is 4.39 Å². The Morgan fingerprint density at radius 3 is 2.90 bits per heavy atom. The Morgan fingerprint density at radius 1 is 1.50 bits per heavy atom. The van der Waals surface area contributed by atoms with Gasteiger partial charge in [-0.05, 0) is 12.5 Å². The molecule has 1 N–H and O–H groups in total. The van der Waals surface area contributed by atoms with Gasteiger partial charge in [-0.25, -0.2) is 9.37 Å². The van der Waals surface area contributed by atoms with Crippen molar-refractivity contribution in [1.29, 1.82) is 0 Å². The highest BCUT2D eigenvalue weighted by molar-refractivity contribution is 5.94.